The van der Waals surface area contributed by atoms with E-state index in [1.54, 1.807) is 0 Å². The second kappa shape index (κ2) is 9.08. The Morgan fingerprint density at radius 3 is 2.55 bits per heavy atom. The molecule has 1 aliphatic heterocycles. The van der Waals surface area contributed by atoms with Crippen LogP contribution < -0.4 is 0 Å². The number of rotatable bonds is 6. The molecule has 4 rings (SSSR count). The number of piperidine rings is 1. The Morgan fingerprint density at radius 2 is 1.79 bits per heavy atom. The Labute approximate surface area is 173 Å². The van der Waals surface area contributed by atoms with E-state index in [-0.39, 0.29) is 5.91 Å². The fourth-order valence-electron chi connectivity index (χ4n) is 4.26. The molecule has 0 spiro atoms. The van der Waals surface area contributed by atoms with Crippen LogP contribution in [0.2, 0.25) is 0 Å². The number of nitrogens with zero attached hydrogens (tertiary/aromatic N) is 3. The van der Waals surface area contributed by atoms with Crippen LogP contribution in [0.4, 0.5) is 0 Å². The van der Waals surface area contributed by atoms with E-state index in [0.29, 0.717) is 12.3 Å². The third kappa shape index (κ3) is 4.76. The summed E-state index contributed by atoms with van der Waals surface area (Å²) in [4.78, 5) is 19.5. The number of aromatic nitrogens is 2. The van der Waals surface area contributed by atoms with Crippen molar-refractivity contribution in [2.75, 3.05) is 13.1 Å². The third-order valence-electron chi connectivity index (χ3n) is 5.87. The number of likely N-dealkylation sites (tertiary alicyclic amines) is 1. The van der Waals surface area contributed by atoms with E-state index < -0.39 is 0 Å². The van der Waals surface area contributed by atoms with Gasteiger partial charge in [0.1, 0.15) is 5.82 Å². The molecule has 0 saturated carbocycles. The monoisotopic (exact) mass is 387 g/mol. The number of hydrogen-bond acceptors (Lipinski definition) is 2. The van der Waals surface area contributed by atoms with E-state index >= 15 is 0 Å². The highest BCUT2D eigenvalue weighted by Gasteiger charge is 2.25. The predicted octanol–water partition coefficient (Wildman–Crippen LogP) is 4.73. The zero-order valence-corrected chi connectivity index (χ0v) is 17.1. The average Bonchev–Trinajstić information content (AvgIpc) is 3.13. The zero-order chi connectivity index (χ0) is 20.1. The molecule has 3 aromatic rings. The molecule has 0 radical (unpaired) electrons. The van der Waals surface area contributed by atoms with E-state index in [0.717, 1.165) is 50.3 Å². The topological polar surface area (TPSA) is 38.1 Å². The molecule has 2 heterocycles. The van der Waals surface area contributed by atoms with Gasteiger partial charge >= 0.3 is 0 Å². The molecule has 1 amide bonds. The summed E-state index contributed by atoms with van der Waals surface area (Å²) < 4.78 is 2.32. The van der Waals surface area contributed by atoms with E-state index in [4.69, 9.17) is 0 Å². The summed E-state index contributed by atoms with van der Waals surface area (Å²) in [6.07, 6.45) is 5.61. The van der Waals surface area contributed by atoms with Gasteiger partial charge in [-0.1, -0.05) is 60.7 Å². The molecule has 0 aliphatic carbocycles. The summed E-state index contributed by atoms with van der Waals surface area (Å²) in [6, 6.07) is 20.6. The van der Waals surface area contributed by atoms with Crippen LogP contribution in [-0.2, 0) is 17.8 Å². The van der Waals surface area contributed by atoms with Crippen molar-refractivity contribution in [3.05, 3.63) is 78.1 Å². The zero-order valence-electron chi connectivity index (χ0n) is 17.1. The molecule has 1 aromatic heterocycles. The molecule has 1 fully saturated rings. The minimum absolute atomic E-state index is 0.282. The Hall–Kier alpha value is -2.88. The number of aryl methyl sites for hydroxylation is 2. The molecule has 0 N–H and O–H groups in total. The van der Waals surface area contributed by atoms with Crippen molar-refractivity contribution < 1.29 is 4.79 Å². The summed E-state index contributed by atoms with van der Waals surface area (Å²) in [5, 5.41) is 0. The van der Waals surface area contributed by atoms with Crippen molar-refractivity contribution in [2.24, 2.45) is 5.92 Å². The van der Waals surface area contributed by atoms with Crippen molar-refractivity contribution in [3.63, 3.8) is 0 Å². The van der Waals surface area contributed by atoms with Crippen LogP contribution in [0.1, 0.15) is 30.5 Å². The fourth-order valence-corrected chi connectivity index (χ4v) is 4.26. The van der Waals surface area contributed by atoms with E-state index in [1.807, 2.05) is 30.5 Å². The first-order chi connectivity index (χ1) is 14.2. The van der Waals surface area contributed by atoms with Crippen molar-refractivity contribution in [1.29, 1.82) is 0 Å². The number of imidazole rings is 1. The number of carbonyl (C=O) groups excluding carboxylic acids is 1. The lowest BCUT2D eigenvalue weighted by Crippen LogP contribution is -2.41. The van der Waals surface area contributed by atoms with Crippen LogP contribution in [0.3, 0.4) is 0 Å². The maximum absolute atomic E-state index is 12.8. The molecular weight excluding hydrogens is 358 g/mol. The van der Waals surface area contributed by atoms with Crippen molar-refractivity contribution in [1.82, 2.24) is 14.5 Å². The lowest BCUT2D eigenvalue weighted by Gasteiger charge is -2.33. The maximum atomic E-state index is 12.8. The van der Waals surface area contributed by atoms with Gasteiger partial charge < -0.3 is 9.47 Å². The van der Waals surface area contributed by atoms with E-state index in [9.17, 15) is 4.79 Å². The number of amides is 1. The quantitative estimate of drug-likeness (QED) is 0.613. The van der Waals surface area contributed by atoms with Crippen molar-refractivity contribution in [3.8, 4) is 11.4 Å². The Kier molecular flexibility index (Phi) is 6.09. The Bertz CT molecular complexity index is 933. The highest BCUT2D eigenvalue weighted by atomic mass is 16.2. The van der Waals surface area contributed by atoms with Gasteiger partial charge in [0, 0.05) is 43.5 Å². The second-order valence-corrected chi connectivity index (χ2v) is 8.03. The Balaban J connectivity index is 1.39. The Morgan fingerprint density at radius 1 is 1.07 bits per heavy atom. The van der Waals surface area contributed by atoms with Gasteiger partial charge in [0.05, 0.1) is 0 Å². The smallest absolute Gasteiger partial charge is 0.222 e. The molecule has 4 nitrogen and oxygen atoms in total. The summed E-state index contributed by atoms with van der Waals surface area (Å²) in [6.45, 7) is 4.77. The van der Waals surface area contributed by atoms with E-state index in [2.05, 4.69) is 57.8 Å². The summed E-state index contributed by atoms with van der Waals surface area (Å²) in [5.74, 6) is 1.78. The summed E-state index contributed by atoms with van der Waals surface area (Å²) in [7, 11) is 0. The van der Waals surface area contributed by atoms with Gasteiger partial charge in [0.25, 0.3) is 0 Å². The van der Waals surface area contributed by atoms with Crippen LogP contribution in [0.25, 0.3) is 11.4 Å². The highest BCUT2D eigenvalue weighted by molar-refractivity contribution is 5.76. The minimum atomic E-state index is 0.282. The first-order valence-electron chi connectivity index (χ1n) is 10.6. The largest absolute Gasteiger partial charge is 0.342 e. The van der Waals surface area contributed by atoms with E-state index in [1.165, 1.54) is 11.3 Å². The first kappa shape index (κ1) is 19.4. The summed E-state index contributed by atoms with van der Waals surface area (Å²) in [5.41, 5.74) is 3.56. The van der Waals surface area contributed by atoms with Crippen molar-refractivity contribution >= 4 is 5.91 Å². The molecule has 4 heteroatoms. The molecule has 1 aliphatic rings. The normalized spacial score (nSPS) is 16.7. The average molecular weight is 388 g/mol. The predicted molar refractivity (Wildman–Crippen MR) is 116 cm³/mol. The van der Waals surface area contributed by atoms with Crippen molar-refractivity contribution in [2.45, 2.75) is 39.2 Å². The molecule has 1 unspecified atom stereocenters. The van der Waals surface area contributed by atoms with Gasteiger partial charge in [0.2, 0.25) is 5.91 Å². The third-order valence-corrected chi connectivity index (χ3v) is 5.87. The number of hydrogen-bond donors (Lipinski definition) is 0. The number of benzene rings is 2. The lowest BCUT2D eigenvalue weighted by molar-refractivity contribution is -0.133. The van der Waals surface area contributed by atoms with Gasteiger partial charge in [0.15, 0.2) is 0 Å². The standard InChI is InChI=1S/C25H29N3O/c1-20-17-26-25(23-12-6-3-7-13-23)28(20)19-22-11-8-16-27(18-22)24(29)15-14-21-9-4-2-5-10-21/h2-7,9-10,12-13,17,22H,8,11,14-16,18-19H2,1H3. The van der Waals surface area contributed by atoms with Crippen LogP contribution >= 0.6 is 0 Å². The molecule has 1 saturated heterocycles. The van der Waals surface area contributed by atoms with Gasteiger partial charge in [-0.3, -0.25) is 4.79 Å². The maximum Gasteiger partial charge on any atom is 0.222 e. The van der Waals surface area contributed by atoms with Gasteiger partial charge in [-0.25, -0.2) is 4.98 Å². The second-order valence-electron chi connectivity index (χ2n) is 8.03. The van der Waals surface area contributed by atoms with Crippen LogP contribution in [0, 0.1) is 12.8 Å². The first-order valence-corrected chi connectivity index (χ1v) is 10.6. The molecule has 29 heavy (non-hydrogen) atoms. The summed E-state index contributed by atoms with van der Waals surface area (Å²) >= 11 is 0. The molecule has 0 bridgehead atoms. The molecular formula is C25H29N3O. The van der Waals surface area contributed by atoms with Gasteiger partial charge in [-0.05, 0) is 37.7 Å². The van der Waals surface area contributed by atoms with Crippen LogP contribution in [0.15, 0.2) is 66.9 Å². The molecule has 150 valence electrons. The van der Waals surface area contributed by atoms with Gasteiger partial charge in [-0.2, -0.15) is 0 Å². The van der Waals surface area contributed by atoms with Gasteiger partial charge in [-0.15, -0.1) is 0 Å². The minimum Gasteiger partial charge on any atom is -0.342 e. The lowest BCUT2D eigenvalue weighted by atomic mass is 9.97. The molecule has 1 atom stereocenters. The fraction of sp³-hybridized carbons (Fsp3) is 0.360. The van der Waals surface area contributed by atoms with Crippen LogP contribution in [0.5, 0.6) is 0 Å². The highest BCUT2D eigenvalue weighted by Crippen LogP contribution is 2.25. The number of carbonyl (C=O) groups is 1. The molecule has 2 aromatic carbocycles. The SMILES string of the molecule is Cc1cnc(-c2ccccc2)n1CC1CCCN(C(=O)CCc2ccccc2)C1. The van der Waals surface area contributed by atoms with Crippen LogP contribution in [-0.4, -0.2) is 33.4 Å².